The van der Waals surface area contributed by atoms with Crippen LogP contribution in [0.2, 0.25) is 0 Å². The predicted octanol–water partition coefficient (Wildman–Crippen LogP) is 4.23. The molecule has 2 aromatic carbocycles. The van der Waals surface area contributed by atoms with Gasteiger partial charge in [0.1, 0.15) is 18.4 Å². The van der Waals surface area contributed by atoms with Crippen molar-refractivity contribution in [1.29, 1.82) is 0 Å². The molecule has 1 saturated heterocycles. The van der Waals surface area contributed by atoms with Crippen molar-refractivity contribution in [3.63, 3.8) is 0 Å². The molecule has 0 spiro atoms. The summed E-state index contributed by atoms with van der Waals surface area (Å²) in [5.74, 6) is 0.427. The second-order valence-electron chi connectivity index (χ2n) is 7.44. The van der Waals surface area contributed by atoms with Gasteiger partial charge in [0.25, 0.3) is 5.91 Å². The lowest BCUT2D eigenvalue weighted by atomic mass is 10.0. The number of nitrogens with one attached hydrogen (secondary N) is 1. The third kappa shape index (κ3) is 3.19. The van der Waals surface area contributed by atoms with Crippen LogP contribution in [0.3, 0.4) is 0 Å². The molecule has 6 heteroatoms. The zero-order chi connectivity index (χ0) is 20.0. The van der Waals surface area contributed by atoms with Gasteiger partial charge in [0.15, 0.2) is 0 Å². The summed E-state index contributed by atoms with van der Waals surface area (Å²) in [6.45, 7) is 4.63. The first-order valence-electron chi connectivity index (χ1n) is 9.60. The lowest BCUT2D eigenvalue weighted by molar-refractivity contribution is -0.126. The zero-order valence-corrected chi connectivity index (χ0v) is 16.6. The van der Waals surface area contributed by atoms with Gasteiger partial charge in [-0.1, -0.05) is 18.7 Å². The Hall–Kier alpha value is -3.12. The molecule has 1 unspecified atom stereocenters. The molecule has 1 aromatic heterocycles. The molecule has 1 N–H and O–H groups in total. The fraction of sp³-hybridized carbons (Fsp3) is 0.217. The number of thiophene rings is 1. The van der Waals surface area contributed by atoms with Crippen LogP contribution in [0, 0.1) is 0 Å². The maximum Gasteiger partial charge on any atom is 0.255 e. The van der Waals surface area contributed by atoms with E-state index in [4.69, 9.17) is 4.74 Å². The van der Waals surface area contributed by atoms with Gasteiger partial charge in [-0.2, -0.15) is 0 Å². The Morgan fingerprint density at radius 2 is 2.10 bits per heavy atom. The number of carbonyl (C=O) groups is 2. The molecule has 5 rings (SSSR count). The number of hydrogen-bond acceptors (Lipinski definition) is 4. The molecule has 3 heterocycles. The van der Waals surface area contributed by atoms with E-state index in [0.29, 0.717) is 43.0 Å². The standard InChI is InChI=1S/C23H20N2O3S/c1-14-5-7-19(22(26)24-14)25-12-18-17(23(25)27)3-2-4-20(18)28-13-15-6-8-21-16(11-15)9-10-29-21/h2-4,6,8-11,19H,1,5,7,12-13H2,(H,24,26). The number of rotatable bonds is 4. The normalized spacial score (nSPS) is 18.8. The molecule has 2 aliphatic rings. The second kappa shape index (κ2) is 7.04. The summed E-state index contributed by atoms with van der Waals surface area (Å²) < 4.78 is 7.35. The molecule has 5 nitrogen and oxygen atoms in total. The van der Waals surface area contributed by atoms with Gasteiger partial charge >= 0.3 is 0 Å². The highest BCUT2D eigenvalue weighted by atomic mass is 32.1. The molecule has 0 radical (unpaired) electrons. The van der Waals surface area contributed by atoms with E-state index in [2.05, 4.69) is 41.5 Å². The van der Waals surface area contributed by atoms with Crippen molar-refractivity contribution in [1.82, 2.24) is 10.2 Å². The largest absolute Gasteiger partial charge is 0.489 e. The lowest BCUT2D eigenvalue weighted by Crippen LogP contribution is -2.49. The van der Waals surface area contributed by atoms with Crippen molar-refractivity contribution in [2.75, 3.05) is 0 Å². The lowest BCUT2D eigenvalue weighted by Gasteiger charge is -2.31. The Kier molecular flexibility index (Phi) is 4.36. The van der Waals surface area contributed by atoms with Crippen LogP contribution in [-0.4, -0.2) is 22.8 Å². The van der Waals surface area contributed by atoms with Crippen molar-refractivity contribution in [2.24, 2.45) is 0 Å². The average Bonchev–Trinajstić information content (AvgIpc) is 3.31. The van der Waals surface area contributed by atoms with Gasteiger partial charge in [-0.05, 0) is 59.5 Å². The van der Waals surface area contributed by atoms with Crippen LogP contribution in [0.25, 0.3) is 10.1 Å². The zero-order valence-electron chi connectivity index (χ0n) is 15.8. The maximum atomic E-state index is 12.9. The van der Waals surface area contributed by atoms with Gasteiger partial charge in [0.2, 0.25) is 5.91 Å². The maximum absolute atomic E-state index is 12.9. The first-order chi connectivity index (χ1) is 14.1. The molecule has 1 atom stereocenters. The minimum atomic E-state index is -0.464. The highest BCUT2D eigenvalue weighted by molar-refractivity contribution is 7.17. The Morgan fingerprint density at radius 1 is 1.21 bits per heavy atom. The summed E-state index contributed by atoms with van der Waals surface area (Å²) in [6, 6.07) is 13.5. The molecule has 0 saturated carbocycles. The average molecular weight is 404 g/mol. The number of piperidine rings is 1. The Bertz CT molecular complexity index is 1150. The van der Waals surface area contributed by atoms with Crippen molar-refractivity contribution in [3.8, 4) is 5.75 Å². The Labute approximate surface area is 172 Å². The quantitative estimate of drug-likeness (QED) is 0.708. The van der Waals surface area contributed by atoms with E-state index in [0.717, 1.165) is 11.1 Å². The predicted molar refractivity (Wildman–Crippen MR) is 113 cm³/mol. The Balaban J connectivity index is 1.36. The first-order valence-corrected chi connectivity index (χ1v) is 10.5. The van der Waals surface area contributed by atoms with Crippen LogP contribution in [-0.2, 0) is 17.9 Å². The van der Waals surface area contributed by atoms with Gasteiger partial charge in [-0.15, -0.1) is 11.3 Å². The van der Waals surface area contributed by atoms with E-state index in [1.165, 1.54) is 10.1 Å². The number of nitrogens with zero attached hydrogens (tertiary/aromatic N) is 1. The molecule has 0 aliphatic carbocycles. The highest BCUT2D eigenvalue weighted by Crippen LogP contribution is 2.34. The fourth-order valence-corrected chi connectivity index (χ4v) is 4.81. The van der Waals surface area contributed by atoms with Gasteiger partial charge in [0.05, 0.1) is 6.54 Å². The summed E-state index contributed by atoms with van der Waals surface area (Å²) in [4.78, 5) is 27.0. The molecule has 3 aromatic rings. The molecule has 29 heavy (non-hydrogen) atoms. The van der Waals surface area contributed by atoms with E-state index in [1.807, 2.05) is 18.2 Å². The van der Waals surface area contributed by atoms with E-state index in [9.17, 15) is 9.59 Å². The first kappa shape index (κ1) is 17.9. The van der Waals surface area contributed by atoms with Crippen LogP contribution in [0.4, 0.5) is 0 Å². The van der Waals surface area contributed by atoms with Gasteiger partial charge in [-0.25, -0.2) is 0 Å². The number of benzene rings is 2. The SMILES string of the molecule is C=C1CCC(N2Cc3c(OCc4ccc5sccc5c4)cccc3C2=O)C(=O)N1. The fourth-order valence-electron chi connectivity index (χ4n) is 4.04. The summed E-state index contributed by atoms with van der Waals surface area (Å²) >= 11 is 1.72. The number of amides is 2. The molecule has 0 bridgehead atoms. The van der Waals surface area contributed by atoms with E-state index in [1.54, 1.807) is 16.2 Å². The molecule has 2 amide bonds. The van der Waals surface area contributed by atoms with Crippen molar-refractivity contribution >= 4 is 33.2 Å². The van der Waals surface area contributed by atoms with E-state index >= 15 is 0 Å². The van der Waals surface area contributed by atoms with Crippen molar-refractivity contribution < 1.29 is 14.3 Å². The van der Waals surface area contributed by atoms with Crippen LogP contribution in [0.15, 0.2) is 60.1 Å². The minimum Gasteiger partial charge on any atom is -0.489 e. The topological polar surface area (TPSA) is 58.6 Å². The van der Waals surface area contributed by atoms with Crippen LogP contribution in [0.5, 0.6) is 5.75 Å². The second-order valence-corrected chi connectivity index (χ2v) is 8.39. The molecule has 1 fully saturated rings. The summed E-state index contributed by atoms with van der Waals surface area (Å²) in [5, 5.41) is 6.06. The number of carbonyl (C=O) groups excluding carboxylic acids is 2. The van der Waals surface area contributed by atoms with Crippen LogP contribution < -0.4 is 10.1 Å². The molecule has 2 aliphatic heterocycles. The number of allylic oxidation sites excluding steroid dienone is 1. The number of ether oxygens (including phenoxy) is 1. The number of hydrogen-bond donors (Lipinski definition) is 1. The van der Waals surface area contributed by atoms with E-state index < -0.39 is 6.04 Å². The molecule has 146 valence electrons. The number of fused-ring (bicyclic) bond motifs is 2. The molecular weight excluding hydrogens is 384 g/mol. The third-order valence-corrected chi connectivity index (χ3v) is 6.46. The summed E-state index contributed by atoms with van der Waals surface area (Å²) in [6.07, 6.45) is 1.28. The van der Waals surface area contributed by atoms with Crippen molar-refractivity contribution in [3.05, 3.63) is 76.8 Å². The molecular formula is C23H20N2O3S. The summed E-state index contributed by atoms with van der Waals surface area (Å²) in [5.41, 5.74) is 3.26. The van der Waals surface area contributed by atoms with Gasteiger partial charge in [0, 0.05) is 21.5 Å². The van der Waals surface area contributed by atoms with Crippen molar-refractivity contribution in [2.45, 2.75) is 32.0 Å². The van der Waals surface area contributed by atoms with Crippen LogP contribution >= 0.6 is 11.3 Å². The Morgan fingerprint density at radius 3 is 2.97 bits per heavy atom. The van der Waals surface area contributed by atoms with Gasteiger partial charge < -0.3 is 15.0 Å². The summed E-state index contributed by atoms with van der Waals surface area (Å²) in [7, 11) is 0. The highest BCUT2D eigenvalue weighted by Gasteiger charge is 2.39. The monoisotopic (exact) mass is 404 g/mol. The van der Waals surface area contributed by atoms with Gasteiger partial charge in [-0.3, -0.25) is 9.59 Å². The third-order valence-electron chi connectivity index (χ3n) is 5.56. The smallest absolute Gasteiger partial charge is 0.255 e. The van der Waals surface area contributed by atoms with Crippen LogP contribution in [0.1, 0.15) is 34.3 Å². The minimum absolute atomic E-state index is 0.113. The van der Waals surface area contributed by atoms with E-state index in [-0.39, 0.29) is 11.8 Å².